The van der Waals surface area contributed by atoms with E-state index in [1.165, 1.54) is 12.8 Å². The molecule has 0 spiro atoms. The monoisotopic (exact) mass is 208 g/mol. The largest absolute Gasteiger partial charge is 0.0628 e. The first-order chi connectivity index (χ1) is 7.09. The number of fused-ring (bicyclic) bond motifs is 2. The molecule has 15 heavy (non-hydrogen) atoms. The first-order valence-electron chi connectivity index (χ1n) is 7.09. The first kappa shape index (κ1) is 11.5. The maximum Gasteiger partial charge on any atom is -0.0332 e. The van der Waals surface area contributed by atoms with Crippen molar-refractivity contribution < 1.29 is 0 Å². The molecule has 0 aliphatic heterocycles. The van der Waals surface area contributed by atoms with Crippen LogP contribution in [0.25, 0.3) is 0 Å². The van der Waals surface area contributed by atoms with Crippen molar-refractivity contribution in [3.05, 3.63) is 0 Å². The van der Waals surface area contributed by atoms with E-state index in [1.54, 1.807) is 19.3 Å². The van der Waals surface area contributed by atoms with E-state index in [-0.39, 0.29) is 0 Å². The molecule has 2 bridgehead atoms. The third-order valence-corrected chi connectivity index (χ3v) is 5.01. The quantitative estimate of drug-likeness (QED) is 0.626. The molecule has 2 aliphatic carbocycles. The van der Waals surface area contributed by atoms with Crippen LogP contribution in [0.1, 0.15) is 59.8 Å². The Morgan fingerprint density at radius 1 is 1.00 bits per heavy atom. The Balaban J connectivity index is 1.96. The molecule has 2 saturated carbocycles. The van der Waals surface area contributed by atoms with Crippen molar-refractivity contribution in [1.29, 1.82) is 0 Å². The molecular formula is C15H28. The van der Waals surface area contributed by atoms with Crippen LogP contribution >= 0.6 is 0 Å². The molecule has 0 aromatic heterocycles. The fourth-order valence-electron chi connectivity index (χ4n) is 4.45. The zero-order chi connectivity index (χ0) is 11.0. The maximum atomic E-state index is 2.45. The van der Waals surface area contributed by atoms with Gasteiger partial charge in [-0.1, -0.05) is 34.1 Å². The van der Waals surface area contributed by atoms with Gasteiger partial charge in [-0.3, -0.25) is 0 Å². The van der Waals surface area contributed by atoms with E-state index in [1.807, 2.05) is 0 Å². The second-order valence-corrected chi connectivity index (χ2v) is 6.79. The lowest BCUT2D eigenvalue weighted by atomic mass is 9.71. The summed E-state index contributed by atoms with van der Waals surface area (Å²) in [6, 6.07) is 0. The molecule has 0 N–H and O–H groups in total. The van der Waals surface area contributed by atoms with Gasteiger partial charge in [-0.25, -0.2) is 0 Å². The fourth-order valence-corrected chi connectivity index (χ4v) is 4.45. The van der Waals surface area contributed by atoms with Crippen molar-refractivity contribution in [1.82, 2.24) is 0 Å². The van der Waals surface area contributed by atoms with Crippen LogP contribution in [0.5, 0.6) is 0 Å². The first-order valence-corrected chi connectivity index (χ1v) is 7.09. The van der Waals surface area contributed by atoms with Crippen molar-refractivity contribution in [2.24, 2.45) is 35.5 Å². The van der Waals surface area contributed by atoms with Crippen LogP contribution in [0.2, 0.25) is 0 Å². The fraction of sp³-hybridized carbons (Fsp3) is 1.00. The van der Waals surface area contributed by atoms with Gasteiger partial charge in [-0.05, 0) is 61.2 Å². The van der Waals surface area contributed by atoms with Gasteiger partial charge in [0.05, 0.1) is 0 Å². The van der Waals surface area contributed by atoms with Crippen molar-refractivity contribution in [3.8, 4) is 0 Å². The number of hydrogen-bond donors (Lipinski definition) is 0. The SMILES string of the molecule is CC(C)CCC1C2CCC(C2)C1C(C)C. The van der Waals surface area contributed by atoms with E-state index in [2.05, 4.69) is 27.7 Å². The van der Waals surface area contributed by atoms with E-state index in [0.29, 0.717) is 0 Å². The highest BCUT2D eigenvalue weighted by atomic mass is 14.5. The van der Waals surface area contributed by atoms with Gasteiger partial charge in [0.25, 0.3) is 0 Å². The van der Waals surface area contributed by atoms with E-state index in [4.69, 9.17) is 0 Å². The van der Waals surface area contributed by atoms with Gasteiger partial charge in [0.2, 0.25) is 0 Å². The van der Waals surface area contributed by atoms with Crippen molar-refractivity contribution in [3.63, 3.8) is 0 Å². The Hall–Kier alpha value is 0. The normalized spacial score (nSPS) is 39.6. The third kappa shape index (κ3) is 2.24. The molecule has 0 aromatic rings. The predicted octanol–water partition coefficient (Wildman–Crippen LogP) is 4.74. The van der Waals surface area contributed by atoms with E-state index >= 15 is 0 Å². The van der Waals surface area contributed by atoms with Crippen molar-refractivity contribution >= 4 is 0 Å². The average molecular weight is 208 g/mol. The Kier molecular flexibility index (Phi) is 3.42. The molecule has 4 atom stereocenters. The van der Waals surface area contributed by atoms with Gasteiger partial charge >= 0.3 is 0 Å². The van der Waals surface area contributed by atoms with Crippen LogP contribution in [0, 0.1) is 35.5 Å². The van der Waals surface area contributed by atoms with Gasteiger partial charge in [0, 0.05) is 0 Å². The minimum absolute atomic E-state index is 0.900. The molecule has 0 amide bonds. The third-order valence-electron chi connectivity index (χ3n) is 5.01. The molecule has 4 unspecified atom stereocenters. The summed E-state index contributed by atoms with van der Waals surface area (Å²) in [5.41, 5.74) is 0. The van der Waals surface area contributed by atoms with E-state index in [0.717, 1.165) is 35.5 Å². The second-order valence-electron chi connectivity index (χ2n) is 6.79. The summed E-state index contributed by atoms with van der Waals surface area (Å²) in [5, 5.41) is 0. The van der Waals surface area contributed by atoms with Gasteiger partial charge in [0.1, 0.15) is 0 Å². The van der Waals surface area contributed by atoms with Crippen LogP contribution in [-0.4, -0.2) is 0 Å². The highest BCUT2D eigenvalue weighted by molar-refractivity contribution is 4.97. The van der Waals surface area contributed by atoms with Crippen LogP contribution in [0.15, 0.2) is 0 Å². The molecule has 0 aromatic carbocycles. The molecule has 88 valence electrons. The molecule has 0 radical (unpaired) electrons. The summed E-state index contributed by atoms with van der Waals surface area (Å²) in [5.74, 6) is 6.20. The highest BCUT2D eigenvalue weighted by Gasteiger charge is 2.47. The zero-order valence-electron chi connectivity index (χ0n) is 11.0. The number of hydrogen-bond acceptors (Lipinski definition) is 0. The second kappa shape index (κ2) is 4.47. The minimum atomic E-state index is 0.900. The maximum absolute atomic E-state index is 2.45. The molecule has 0 heteroatoms. The summed E-state index contributed by atoms with van der Waals surface area (Å²) >= 11 is 0. The van der Waals surface area contributed by atoms with Crippen LogP contribution in [0.3, 0.4) is 0 Å². The zero-order valence-corrected chi connectivity index (χ0v) is 11.0. The predicted molar refractivity (Wildman–Crippen MR) is 66.7 cm³/mol. The topological polar surface area (TPSA) is 0 Å². The summed E-state index contributed by atoms with van der Waals surface area (Å²) in [7, 11) is 0. The molecule has 0 saturated heterocycles. The summed E-state index contributed by atoms with van der Waals surface area (Å²) in [4.78, 5) is 0. The Morgan fingerprint density at radius 2 is 1.67 bits per heavy atom. The summed E-state index contributed by atoms with van der Waals surface area (Å²) in [6.07, 6.45) is 7.65. The smallest absolute Gasteiger partial charge is 0.0332 e. The lowest BCUT2D eigenvalue weighted by molar-refractivity contribution is 0.151. The molecule has 0 nitrogen and oxygen atoms in total. The van der Waals surface area contributed by atoms with Gasteiger partial charge in [-0.2, -0.15) is 0 Å². The highest BCUT2D eigenvalue weighted by Crippen LogP contribution is 2.56. The molecule has 2 aliphatic rings. The van der Waals surface area contributed by atoms with Gasteiger partial charge in [0.15, 0.2) is 0 Å². The van der Waals surface area contributed by atoms with Crippen molar-refractivity contribution in [2.75, 3.05) is 0 Å². The standard InChI is InChI=1S/C15H28/c1-10(2)5-8-14-12-6-7-13(9-12)15(14)11(3)4/h10-15H,5-9H2,1-4H3. The average Bonchev–Trinajstić information content (AvgIpc) is 2.72. The lowest BCUT2D eigenvalue weighted by Crippen LogP contribution is -2.27. The lowest BCUT2D eigenvalue weighted by Gasteiger charge is -2.34. The molecular weight excluding hydrogens is 180 g/mol. The Bertz CT molecular complexity index is 204. The minimum Gasteiger partial charge on any atom is -0.0628 e. The van der Waals surface area contributed by atoms with Crippen LogP contribution < -0.4 is 0 Å². The van der Waals surface area contributed by atoms with Gasteiger partial charge in [-0.15, -0.1) is 0 Å². The van der Waals surface area contributed by atoms with E-state index in [9.17, 15) is 0 Å². The Labute approximate surface area is 95.8 Å². The van der Waals surface area contributed by atoms with Crippen LogP contribution in [0.4, 0.5) is 0 Å². The Morgan fingerprint density at radius 3 is 2.27 bits per heavy atom. The van der Waals surface area contributed by atoms with Crippen molar-refractivity contribution in [2.45, 2.75) is 59.8 Å². The summed E-state index contributed by atoms with van der Waals surface area (Å²) < 4.78 is 0. The van der Waals surface area contributed by atoms with Gasteiger partial charge < -0.3 is 0 Å². The van der Waals surface area contributed by atoms with E-state index < -0.39 is 0 Å². The molecule has 2 fully saturated rings. The summed E-state index contributed by atoms with van der Waals surface area (Å²) in [6.45, 7) is 9.65. The number of rotatable bonds is 4. The molecule has 0 heterocycles. The molecule has 2 rings (SSSR count). The van der Waals surface area contributed by atoms with Crippen LogP contribution in [-0.2, 0) is 0 Å².